The molecule has 0 unspecified atom stereocenters. The largest absolute Gasteiger partial charge is 0.496 e. The molecule has 0 radical (unpaired) electrons. The number of aryl methyl sites for hydroxylation is 1. The van der Waals surface area contributed by atoms with Crippen molar-refractivity contribution in [2.75, 3.05) is 24.4 Å². The van der Waals surface area contributed by atoms with Crippen LogP contribution in [0.25, 0.3) is 22.3 Å². The van der Waals surface area contributed by atoms with Gasteiger partial charge < -0.3 is 4.74 Å². The van der Waals surface area contributed by atoms with Gasteiger partial charge in [-0.2, -0.15) is 36.2 Å². The van der Waals surface area contributed by atoms with Gasteiger partial charge in [-0.3, -0.25) is 0 Å². The molecule has 4 rings (SSSR count). The summed E-state index contributed by atoms with van der Waals surface area (Å²) < 4.78 is 32.5. The van der Waals surface area contributed by atoms with Crippen LogP contribution in [0, 0.1) is 6.92 Å². The van der Waals surface area contributed by atoms with Gasteiger partial charge in [0.25, 0.3) is 0 Å². The Morgan fingerprint density at radius 1 is 0.690 bits per heavy atom. The predicted octanol–water partition coefficient (Wildman–Crippen LogP) is 9.76. The molecule has 3 nitrogen and oxygen atoms in total. The van der Waals surface area contributed by atoms with E-state index in [1.165, 1.54) is 17.5 Å². The highest BCUT2D eigenvalue weighted by Gasteiger charge is 2.18. The molecule has 0 atom stereocenters. The third-order valence-corrected chi connectivity index (χ3v) is 11.6. The molecule has 42 heavy (non-hydrogen) atoms. The molecule has 0 aliphatic heterocycles. The first-order valence-electron chi connectivity index (χ1n) is 14.4. The van der Waals surface area contributed by atoms with Gasteiger partial charge >= 0.3 is 0 Å². The molecule has 0 saturated heterocycles. The summed E-state index contributed by atoms with van der Waals surface area (Å²) in [7, 11) is -1.94. The first kappa shape index (κ1) is 32.6. The monoisotopic (exact) mass is 636 g/mol. The molecule has 0 amide bonds. The summed E-state index contributed by atoms with van der Waals surface area (Å²) in [6.07, 6.45) is 3.47. The van der Waals surface area contributed by atoms with Crippen molar-refractivity contribution in [3.05, 3.63) is 102 Å². The summed E-state index contributed by atoms with van der Waals surface area (Å²) in [5.41, 5.74) is 7.89. The number of benzene rings is 4. The Kier molecular flexibility index (Phi) is 12.4. The molecule has 0 N–H and O–H groups in total. The third-order valence-electron chi connectivity index (χ3n) is 7.19. The average molecular weight is 637 g/mol. The minimum Gasteiger partial charge on any atom is -0.496 e. The Balaban J connectivity index is 1.49. The Morgan fingerprint density at radius 3 is 1.79 bits per heavy atom. The van der Waals surface area contributed by atoms with Crippen LogP contribution in [-0.4, -0.2) is 32.8 Å². The Labute approximate surface area is 266 Å². The SMILES string of the molecule is CCCSCc1cc(-c2ccc(S(=O)(=O)c3ccc(-c4ccc(C)c(CSCCCCS)c4)cc3)cc2)ccc1OC. The topological polar surface area (TPSA) is 43.4 Å². The molecule has 0 aromatic heterocycles. The molecular weight excluding hydrogens is 597 g/mol. The van der Waals surface area contributed by atoms with Crippen molar-refractivity contribution in [3.63, 3.8) is 0 Å². The van der Waals surface area contributed by atoms with Crippen molar-refractivity contribution in [1.82, 2.24) is 0 Å². The minimum atomic E-state index is -3.64. The lowest BCUT2D eigenvalue weighted by Gasteiger charge is -2.12. The molecule has 4 aromatic rings. The van der Waals surface area contributed by atoms with Crippen LogP contribution in [0.4, 0.5) is 0 Å². The number of thioether (sulfide) groups is 2. The quantitative estimate of drug-likeness (QED) is 0.104. The lowest BCUT2D eigenvalue weighted by Crippen LogP contribution is -2.02. The van der Waals surface area contributed by atoms with Crippen molar-refractivity contribution in [2.24, 2.45) is 0 Å². The lowest BCUT2D eigenvalue weighted by atomic mass is 10.0. The molecule has 7 heteroatoms. The fourth-order valence-corrected chi connectivity index (χ4v) is 8.14. The van der Waals surface area contributed by atoms with E-state index in [0.717, 1.165) is 75.2 Å². The van der Waals surface area contributed by atoms with Gasteiger partial charge in [0.15, 0.2) is 0 Å². The van der Waals surface area contributed by atoms with Crippen molar-refractivity contribution >= 4 is 46.0 Å². The van der Waals surface area contributed by atoms with Gasteiger partial charge in [-0.15, -0.1) is 0 Å². The lowest BCUT2D eigenvalue weighted by molar-refractivity contribution is 0.411. The number of rotatable bonds is 15. The summed E-state index contributed by atoms with van der Waals surface area (Å²) in [4.78, 5) is 0.588. The first-order chi connectivity index (χ1) is 20.4. The van der Waals surface area contributed by atoms with Crippen LogP contribution in [0.5, 0.6) is 5.75 Å². The first-order valence-corrected chi connectivity index (χ1v) is 18.8. The minimum absolute atomic E-state index is 0.291. The van der Waals surface area contributed by atoms with E-state index in [1.807, 2.05) is 59.9 Å². The molecule has 222 valence electrons. The maximum absolute atomic E-state index is 13.5. The number of hydrogen-bond acceptors (Lipinski definition) is 6. The third kappa shape index (κ3) is 8.40. The van der Waals surface area contributed by atoms with E-state index in [2.05, 4.69) is 50.7 Å². The second-order valence-electron chi connectivity index (χ2n) is 10.3. The summed E-state index contributed by atoms with van der Waals surface area (Å²) in [5.74, 6) is 5.91. The maximum Gasteiger partial charge on any atom is 0.206 e. The molecule has 0 aliphatic rings. The van der Waals surface area contributed by atoms with Crippen LogP contribution in [0.3, 0.4) is 0 Å². The fourth-order valence-electron chi connectivity index (χ4n) is 4.69. The standard InChI is InChI=1S/C35H40O3S4/c1-4-20-40-25-32-23-30(13-18-35(32)38-3)28-11-16-34(17-12-28)42(36,37)33-14-9-27(10-15-33)29-8-7-26(2)31(22-29)24-41-21-6-5-19-39/h7-18,22-23,39H,4-6,19-21,24-25H2,1-3H3. The number of thiol groups is 1. The van der Waals surface area contributed by atoms with Gasteiger partial charge in [0.2, 0.25) is 9.84 Å². The van der Waals surface area contributed by atoms with Crippen LogP contribution in [0.1, 0.15) is 42.9 Å². The molecule has 0 saturated carbocycles. The summed E-state index contributed by atoms with van der Waals surface area (Å²) >= 11 is 8.13. The van der Waals surface area contributed by atoms with Crippen LogP contribution in [-0.2, 0) is 21.3 Å². The average Bonchev–Trinajstić information content (AvgIpc) is 3.02. The van der Waals surface area contributed by atoms with Gasteiger partial charge in [0, 0.05) is 17.1 Å². The molecular formula is C35H40O3S4. The van der Waals surface area contributed by atoms with E-state index in [9.17, 15) is 8.42 Å². The van der Waals surface area contributed by atoms with E-state index in [4.69, 9.17) is 4.74 Å². The van der Waals surface area contributed by atoms with Crippen molar-refractivity contribution in [1.29, 1.82) is 0 Å². The van der Waals surface area contributed by atoms with Gasteiger partial charge in [0.05, 0.1) is 16.9 Å². The normalized spacial score (nSPS) is 11.5. The summed E-state index contributed by atoms with van der Waals surface area (Å²) in [6, 6.07) is 27.1. The predicted molar refractivity (Wildman–Crippen MR) is 186 cm³/mol. The molecule has 0 bridgehead atoms. The summed E-state index contributed by atoms with van der Waals surface area (Å²) in [6.45, 7) is 4.33. The van der Waals surface area contributed by atoms with E-state index in [-0.39, 0.29) is 0 Å². The second kappa shape index (κ2) is 15.9. The highest BCUT2D eigenvalue weighted by Crippen LogP contribution is 2.32. The smallest absolute Gasteiger partial charge is 0.206 e. The highest BCUT2D eigenvalue weighted by molar-refractivity contribution is 7.98. The van der Waals surface area contributed by atoms with Crippen molar-refractivity contribution in [2.45, 2.75) is 54.4 Å². The maximum atomic E-state index is 13.5. The van der Waals surface area contributed by atoms with Gasteiger partial charge in [-0.25, -0.2) is 8.42 Å². The Bertz CT molecular complexity index is 1550. The van der Waals surface area contributed by atoms with Crippen molar-refractivity contribution < 1.29 is 13.2 Å². The Hall–Kier alpha value is -2.32. The zero-order chi connectivity index (χ0) is 30.0. The van der Waals surface area contributed by atoms with Gasteiger partial charge in [0.1, 0.15) is 5.75 Å². The molecule has 4 aromatic carbocycles. The zero-order valence-electron chi connectivity index (χ0n) is 24.6. The fraction of sp³-hybridized carbons (Fsp3) is 0.314. The van der Waals surface area contributed by atoms with E-state index < -0.39 is 9.84 Å². The number of methoxy groups -OCH3 is 1. The van der Waals surface area contributed by atoms with E-state index >= 15 is 0 Å². The summed E-state index contributed by atoms with van der Waals surface area (Å²) in [5, 5.41) is 0. The van der Waals surface area contributed by atoms with Crippen LogP contribution >= 0.6 is 36.2 Å². The Morgan fingerprint density at radius 2 is 1.21 bits per heavy atom. The van der Waals surface area contributed by atoms with E-state index in [0.29, 0.717) is 9.79 Å². The molecule has 0 aliphatic carbocycles. The van der Waals surface area contributed by atoms with Gasteiger partial charge in [-0.05, 0) is 113 Å². The molecule has 0 heterocycles. The van der Waals surface area contributed by atoms with E-state index in [1.54, 1.807) is 31.4 Å². The number of hydrogen-bond donors (Lipinski definition) is 1. The molecule has 0 spiro atoms. The number of ether oxygens (including phenoxy) is 1. The number of sulfone groups is 1. The van der Waals surface area contributed by atoms with Crippen molar-refractivity contribution in [3.8, 4) is 28.0 Å². The number of unbranched alkanes of at least 4 members (excludes halogenated alkanes) is 1. The molecule has 0 fully saturated rings. The van der Waals surface area contributed by atoms with Crippen LogP contribution in [0.15, 0.2) is 94.7 Å². The van der Waals surface area contributed by atoms with Gasteiger partial charge in [-0.1, -0.05) is 55.5 Å². The second-order valence-corrected chi connectivity index (χ2v) is 14.9. The van der Waals surface area contributed by atoms with Crippen LogP contribution in [0.2, 0.25) is 0 Å². The zero-order valence-corrected chi connectivity index (χ0v) is 28.0. The van der Waals surface area contributed by atoms with Crippen LogP contribution < -0.4 is 4.74 Å². The highest BCUT2D eigenvalue weighted by atomic mass is 32.2.